The minimum atomic E-state index is -5.39. The van der Waals surface area contributed by atoms with Crippen LogP contribution >= 0.6 is 7.82 Å². The van der Waals surface area contributed by atoms with Gasteiger partial charge in [-0.25, -0.2) is 0 Å². The number of phosphoric acid groups is 1. The molecular weight excluding hydrogens is 396 g/mol. The first-order valence-corrected chi connectivity index (χ1v) is 11.2. The van der Waals surface area contributed by atoms with Gasteiger partial charge in [-0.1, -0.05) is 90.4 Å². The molecule has 9 heteroatoms. The standard InChI is InChI=1S/C18H38O.3Na.H3O4P/c1-3-5-6-7-8-9-10-11-12-13-14-15-16-17-18-19-4-2;;;;1-5(2,3)4/h3-18H2,1-2H3;;;;(H3,1,2,3,4)/q;3*+1;/p-3. The zero-order valence-corrected chi connectivity index (χ0v) is 25.7. The van der Waals surface area contributed by atoms with Gasteiger partial charge in [0.25, 0.3) is 0 Å². The Morgan fingerprint density at radius 2 is 0.852 bits per heavy atom. The minimum absolute atomic E-state index is 0. The topological polar surface area (TPSA) is 95.5 Å². The second kappa shape index (κ2) is 33.7. The zero-order valence-electron chi connectivity index (χ0n) is 18.8. The van der Waals surface area contributed by atoms with Crippen LogP contribution in [0.2, 0.25) is 0 Å². The number of ether oxygens (including phenoxy) is 1. The van der Waals surface area contributed by atoms with E-state index in [1.54, 1.807) is 0 Å². The summed E-state index contributed by atoms with van der Waals surface area (Å²) in [5, 5.41) is 0. The number of hydrogen-bond acceptors (Lipinski definition) is 5. The summed E-state index contributed by atoms with van der Waals surface area (Å²) in [5.41, 5.74) is 0. The monoisotopic (exact) mass is 434 g/mol. The fraction of sp³-hybridized carbons (Fsp3) is 1.00. The van der Waals surface area contributed by atoms with Gasteiger partial charge in [0.1, 0.15) is 0 Å². The maximum atomic E-state index is 8.55. The van der Waals surface area contributed by atoms with Gasteiger partial charge in [-0.3, -0.25) is 0 Å². The first-order chi connectivity index (χ1) is 11.4. The summed E-state index contributed by atoms with van der Waals surface area (Å²) in [6.45, 7) is 6.20. The van der Waals surface area contributed by atoms with E-state index < -0.39 is 7.82 Å². The number of hydrogen-bond donors (Lipinski definition) is 0. The Morgan fingerprint density at radius 3 is 1.11 bits per heavy atom. The maximum Gasteiger partial charge on any atom is 1.00 e. The first-order valence-electron chi connectivity index (χ1n) is 9.72. The second-order valence-electron chi connectivity index (χ2n) is 6.24. The van der Waals surface area contributed by atoms with Crippen LogP contribution in [0.4, 0.5) is 0 Å². The molecule has 148 valence electrons. The van der Waals surface area contributed by atoms with Crippen molar-refractivity contribution in [2.75, 3.05) is 13.2 Å². The molecule has 5 nitrogen and oxygen atoms in total. The van der Waals surface area contributed by atoms with Crippen molar-refractivity contribution in [1.29, 1.82) is 0 Å². The third-order valence-electron chi connectivity index (χ3n) is 3.85. The smallest absolute Gasteiger partial charge is 0.822 e. The quantitative estimate of drug-likeness (QED) is 0.137. The van der Waals surface area contributed by atoms with E-state index >= 15 is 0 Å². The molecule has 0 aliphatic rings. The zero-order chi connectivity index (χ0) is 18.5. The predicted octanol–water partition coefficient (Wildman–Crippen LogP) is -5.31. The molecule has 0 aliphatic heterocycles. The van der Waals surface area contributed by atoms with E-state index in [4.69, 9.17) is 24.0 Å². The van der Waals surface area contributed by atoms with Crippen LogP contribution in [0.15, 0.2) is 0 Å². The van der Waals surface area contributed by atoms with Gasteiger partial charge >= 0.3 is 88.7 Å². The SMILES string of the molecule is CCCCCCCCCCCCCCCCOCC.O=P([O-])([O-])[O-].[Na+].[Na+].[Na+]. The van der Waals surface area contributed by atoms with Crippen molar-refractivity contribution in [2.45, 2.75) is 104 Å². The van der Waals surface area contributed by atoms with Crippen molar-refractivity contribution in [1.82, 2.24) is 0 Å². The molecule has 0 amide bonds. The molecule has 0 rings (SSSR count). The van der Waals surface area contributed by atoms with Crippen molar-refractivity contribution in [3.05, 3.63) is 0 Å². The van der Waals surface area contributed by atoms with Gasteiger partial charge in [0, 0.05) is 13.2 Å². The van der Waals surface area contributed by atoms with Crippen LogP contribution in [-0.2, 0) is 9.30 Å². The molecule has 0 fully saturated rings. The van der Waals surface area contributed by atoms with Crippen LogP contribution in [0.5, 0.6) is 0 Å². The molecule has 0 saturated carbocycles. The molecule has 0 heterocycles. The number of unbranched alkanes of at least 4 members (excludes halogenated alkanes) is 13. The molecule has 0 aromatic rings. The Balaban J connectivity index is -0.000000178. The van der Waals surface area contributed by atoms with E-state index in [1.807, 2.05) is 0 Å². The Morgan fingerprint density at radius 1 is 0.593 bits per heavy atom. The van der Waals surface area contributed by atoms with Gasteiger partial charge in [-0.2, -0.15) is 7.82 Å². The van der Waals surface area contributed by atoms with E-state index in [9.17, 15) is 0 Å². The summed E-state index contributed by atoms with van der Waals surface area (Å²) >= 11 is 0. The van der Waals surface area contributed by atoms with Crippen molar-refractivity contribution in [2.24, 2.45) is 0 Å². The third-order valence-corrected chi connectivity index (χ3v) is 3.85. The van der Waals surface area contributed by atoms with E-state index in [0.29, 0.717) is 0 Å². The normalized spacial score (nSPS) is 9.96. The summed E-state index contributed by atoms with van der Waals surface area (Å²) < 4.78 is 13.9. The van der Waals surface area contributed by atoms with E-state index in [-0.39, 0.29) is 88.7 Å². The molecule has 0 N–H and O–H groups in total. The van der Waals surface area contributed by atoms with Crippen molar-refractivity contribution in [3.63, 3.8) is 0 Å². The fourth-order valence-electron chi connectivity index (χ4n) is 2.54. The predicted molar refractivity (Wildman–Crippen MR) is 94.4 cm³/mol. The van der Waals surface area contributed by atoms with Gasteiger partial charge in [0.05, 0.1) is 0 Å². The Hall–Kier alpha value is 3.07. The second-order valence-corrected chi connectivity index (χ2v) is 7.13. The maximum absolute atomic E-state index is 8.55. The van der Waals surface area contributed by atoms with Gasteiger partial charge in [-0.15, -0.1) is 0 Å². The number of rotatable bonds is 16. The van der Waals surface area contributed by atoms with Gasteiger partial charge in [0.2, 0.25) is 0 Å². The Kier molecular flexibility index (Phi) is 50.5. The average molecular weight is 434 g/mol. The largest absolute Gasteiger partial charge is 1.00 e. The first kappa shape index (κ1) is 40.4. The molecule has 0 aliphatic carbocycles. The molecule has 27 heavy (non-hydrogen) atoms. The summed E-state index contributed by atoms with van der Waals surface area (Å²) in [4.78, 5) is 25.6. The van der Waals surface area contributed by atoms with E-state index in [2.05, 4.69) is 13.8 Å². The molecular formula is C18H38Na3O5P. The molecule has 0 radical (unpaired) electrons. The molecule has 0 spiro atoms. The van der Waals surface area contributed by atoms with Crippen molar-refractivity contribution < 1.29 is 113 Å². The summed E-state index contributed by atoms with van der Waals surface area (Å²) in [6.07, 6.45) is 20.0. The Bertz CT molecular complexity index is 257. The molecule has 0 unspecified atom stereocenters. The third kappa shape index (κ3) is 58.6. The van der Waals surface area contributed by atoms with Gasteiger partial charge < -0.3 is 24.0 Å². The van der Waals surface area contributed by atoms with Crippen LogP contribution in [0, 0.1) is 0 Å². The van der Waals surface area contributed by atoms with Crippen LogP contribution in [0.3, 0.4) is 0 Å². The van der Waals surface area contributed by atoms with E-state index in [0.717, 1.165) is 13.2 Å². The van der Waals surface area contributed by atoms with Gasteiger partial charge in [0.15, 0.2) is 0 Å². The molecule has 0 aromatic heterocycles. The van der Waals surface area contributed by atoms with Crippen LogP contribution in [-0.4, -0.2) is 13.2 Å². The fourth-order valence-corrected chi connectivity index (χ4v) is 2.54. The van der Waals surface area contributed by atoms with E-state index in [1.165, 1.54) is 89.9 Å². The molecule has 0 aromatic carbocycles. The summed E-state index contributed by atoms with van der Waals surface area (Å²) in [7, 11) is -5.39. The molecule has 0 saturated heterocycles. The Labute approximate surface area is 234 Å². The van der Waals surface area contributed by atoms with Crippen molar-refractivity contribution in [3.8, 4) is 0 Å². The van der Waals surface area contributed by atoms with Crippen LogP contribution < -0.4 is 103 Å². The minimum Gasteiger partial charge on any atom is -0.822 e. The van der Waals surface area contributed by atoms with Crippen LogP contribution in [0.25, 0.3) is 0 Å². The van der Waals surface area contributed by atoms with Crippen LogP contribution in [0.1, 0.15) is 104 Å². The van der Waals surface area contributed by atoms with Gasteiger partial charge in [-0.05, 0) is 13.3 Å². The summed E-state index contributed by atoms with van der Waals surface area (Å²) in [5.74, 6) is 0. The average Bonchev–Trinajstić information content (AvgIpc) is 2.49. The molecule has 0 atom stereocenters. The van der Waals surface area contributed by atoms with Crippen molar-refractivity contribution >= 4 is 7.82 Å². The molecule has 0 bridgehead atoms. The summed E-state index contributed by atoms with van der Waals surface area (Å²) in [6, 6.07) is 0.